The van der Waals surface area contributed by atoms with Gasteiger partial charge in [-0.15, -0.1) is 0 Å². The van der Waals surface area contributed by atoms with Crippen LogP contribution in [-0.2, 0) is 6.54 Å². The van der Waals surface area contributed by atoms with E-state index in [9.17, 15) is 4.79 Å². The van der Waals surface area contributed by atoms with Crippen LogP contribution in [0.2, 0.25) is 10.0 Å². The highest BCUT2D eigenvalue weighted by Gasteiger charge is 2.18. The second-order valence-corrected chi connectivity index (χ2v) is 6.17. The van der Waals surface area contributed by atoms with Crippen LogP contribution >= 0.6 is 23.2 Å². The van der Waals surface area contributed by atoms with E-state index in [0.29, 0.717) is 16.0 Å². The van der Waals surface area contributed by atoms with E-state index in [0.717, 1.165) is 17.6 Å². The van der Waals surface area contributed by atoms with Crippen LogP contribution in [0.1, 0.15) is 32.1 Å². The largest absolute Gasteiger partial charge is 0.326 e. The van der Waals surface area contributed by atoms with Crippen LogP contribution in [0.3, 0.4) is 0 Å². The molecule has 3 nitrogen and oxygen atoms in total. The van der Waals surface area contributed by atoms with Crippen molar-refractivity contribution in [3.05, 3.63) is 32.7 Å². The first-order valence-corrected chi connectivity index (χ1v) is 7.48. The van der Waals surface area contributed by atoms with Crippen molar-refractivity contribution in [3.63, 3.8) is 0 Å². The fourth-order valence-corrected chi connectivity index (χ4v) is 3.62. The summed E-state index contributed by atoms with van der Waals surface area (Å²) in [6.07, 6.45) is 6.24. The number of aromatic nitrogens is 2. The summed E-state index contributed by atoms with van der Waals surface area (Å²) in [5, 5.41) is 1.08. The standard InChI is InChI=1S/C14H16Cl2N2O/c15-10-6-11(16)13-12(7-10)17-14(19)18(13)8-9-4-2-1-3-5-9/h6-7,9H,1-5,8H2,(H,17,19). The quantitative estimate of drug-likeness (QED) is 0.886. The third kappa shape index (κ3) is 2.54. The molecular weight excluding hydrogens is 283 g/mol. The van der Waals surface area contributed by atoms with E-state index in [1.54, 1.807) is 16.7 Å². The minimum atomic E-state index is -0.0928. The first-order chi connectivity index (χ1) is 9.15. The van der Waals surface area contributed by atoms with Crippen molar-refractivity contribution in [2.75, 3.05) is 0 Å². The predicted molar refractivity (Wildman–Crippen MR) is 79.2 cm³/mol. The molecule has 102 valence electrons. The summed E-state index contributed by atoms with van der Waals surface area (Å²) in [6, 6.07) is 3.44. The molecule has 0 spiro atoms. The smallest absolute Gasteiger partial charge is 0.305 e. The molecule has 1 aliphatic rings. The van der Waals surface area contributed by atoms with Crippen molar-refractivity contribution in [2.45, 2.75) is 38.6 Å². The van der Waals surface area contributed by atoms with Gasteiger partial charge in [-0.3, -0.25) is 4.57 Å². The average Bonchev–Trinajstić information content (AvgIpc) is 2.67. The van der Waals surface area contributed by atoms with E-state index in [-0.39, 0.29) is 5.69 Å². The molecule has 1 heterocycles. The van der Waals surface area contributed by atoms with Gasteiger partial charge in [0, 0.05) is 11.6 Å². The Morgan fingerprint density at radius 1 is 1.21 bits per heavy atom. The molecule has 0 saturated heterocycles. The summed E-state index contributed by atoms with van der Waals surface area (Å²) in [5.41, 5.74) is 1.41. The highest BCUT2D eigenvalue weighted by molar-refractivity contribution is 6.38. The molecule has 1 fully saturated rings. The first-order valence-electron chi connectivity index (χ1n) is 6.72. The number of aromatic amines is 1. The molecule has 5 heteroatoms. The Morgan fingerprint density at radius 3 is 2.68 bits per heavy atom. The summed E-state index contributed by atoms with van der Waals surface area (Å²) < 4.78 is 1.77. The summed E-state index contributed by atoms with van der Waals surface area (Å²) in [6.45, 7) is 0.750. The van der Waals surface area contributed by atoms with Crippen LogP contribution in [0.4, 0.5) is 0 Å². The number of hydrogen-bond donors (Lipinski definition) is 1. The SMILES string of the molecule is O=c1[nH]c2cc(Cl)cc(Cl)c2n1CC1CCCCC1. The molecule has 19 heavy (non-hydrogen) atoms. The van der Waals surface area contributed by atoms with E-state index in [4.69, 9.17) is 23.2 Å². The normalized spacial score (nSPS) is 17.2. The van der Waals surface area contributed by atoms with Crippen LogP contribution in [0.15, 0.2) is 16.9 Å². The van der Waals surface area contributed by atoms with Crippen LogP contribution in [0.25, 0.3) is 11.0 Å². The Labute approximate surface area is 121 Å². The second kappa shape index (κ2) is 5.22. The molecule has 0 radical (unpaired) electrons. The lowest BCUT2D eigenvalue weighted by molar-refractivity contribution is 0.319. The molecule has 1 aromatic carbocycles. The van der Waals surface area contributed by atoms with Gasteiger partial charge < -0.3 is 4.98 Å². The summed E-state index contributed by atoms with van der Waals surface area (Å²) >= 11 is 12.2. The van der Waals surface area contributed by atoms with Gasteiger partial charge in [-0.25, -0.2) is 4.79 Å². The lowest BCUT2D eigenvalue weighted by atomic mass is 9.89. The number of benzene rings is 1. The number of hydrogen-bond acceptors (Lipinski definition) is 1. The molecule has 1 saturated carbocycles. The third-order valence-electron chi connectivity index (χ3n) is 3.95. The van der Waals surface area contributed by atoms with Crippen molar-refractivity contribution >= 4 is 34.2 Å². The first kappa shape index (κ1) is 13.1. The van der Waals surface area contributed by atoms with E-state index >= 15 is 0 Å². The molecule has 3 rings (SSSR count). The number of rotatable bonds is 2. The Bertz CT molecular complexity index is 653. The zero-order chi connectivity index (χ0) is 13.4. The summed E-state index contributed by atoms with van der Waals surface area (Å²) in [5.74, 6) is 0.581. The minimum absolute atomic E-state index is 0.0928. The Morgan fingerprint density at radius 2 is 1.95 bits per heavy atom. The molecule has 0 amide bonds. The monoisotopic (exact) mass is 298 g/mol. The maximum absolute atomic E-state index is 12.1. The number of imidazole rings is 1. The van der Waals surface area contributed by atoms with Gasteiger partial charge in [0.25, 0.3) is 0 Å². The Balaban J connectivity index is 2.02. The highest BCUT2D eigenvalue weighted by Crippen LogP contribution is 2.29. The molecular formula is C14H16Cl2N2O. The molecule has 0 atom stereocenters. The predicted octanol–water partition coefficient (Wildman–Crippen LogP) is 4.22. The molecule has 1 aliphatic carbocycles. The third-order valence-corrected chi connectivity index (χ3v) is 4.46. The molecule has 2 aromatic rings. The van der Waals surface area contributed by atoms with Crippen molar-refractivity contribution in [3.8, 4) is 0 Å². The van der Waals surface area contributed by atoms with Crippen molar-refractivity contribution in [2.24, 2.45) is 5.92 Å². The molecule has 1 N–H and O–H groups in total. The van der Waals surface area contributed by atoms with E-state index in [2.05, 4.69) is 4.98 Å². The minimum Gasteiger partial charge on any atom is -0.305 e. The van der Waals surface area contributed by atoms with Gasteiger partial charge in [0.2, 0.25) is 0 Å². The molecule has 0 bridgehead atoms. The van der Waals surface area contributed by atoms with Crippen molar-refractivity contribution in [1.82, 2.24) is 9.55 Å². The number of H-pyrrole nitrogens is 1. The zero-order valence-corrected chi connectivity index (χ0v) is 12.1. The van der Waals surface area contributed by atoms with Gasteiger partial charge in [0.15, 0.2) is 0 Å². The Hall–Kier alpha value is -0.930. The maximum atomic E-state index is 12.1. The molecule has 1 aromatic heterocycles. The lowest BCUT2D eigenvalue weighted by Crippen LogP contribution is -2.23. The lowest BCUT2D eigenvalue weighted by Gasteiger charge is -2.21. The van der Waals surface area contributed by atoms with Crippen LogP contribution < -0.4 is 5.69 Å². The molecule has 0 unspecified atom stereocenters. The number of halogens is 2. The van der Waals surface area contributed by atoms with Gasteiger partial charge in [0.05, 0.1) is 16.1 Å². The Kier molecular flexibility index (Phi) is 3.59. The summed E-state index contributed by atoms with van der Waals surface area (Å²) in [7, 11) is 0. The number of nitrogens with one attached hydrogen (secondary N) is 1. The summed E-state index contributed by atoms with van der Waals surface area (Å²) in [4.78, 5) is 14.9. The van der Waals surface area contributed by atoms with Gasteiger partial charge >= 0.3 is 5.69 Å². The van der Waals surface area contributed by atoms with Gasteiger partial charge in [-0.1, -0.05) is 42.5 Å². The van der Waals surface area contributed by atoms with E-state index < -0.39 is 0 Å². The van der Waals surface area contributed by atoms with E-state index in [1.807, 2.05) is 0 Å². The van der Waals surface area contributed by atoms with Gasteiger partial charge in [-0.2, -0.15) is 0 Å². The average molecular weight is 299 g/mol. The molecule has 0 aliphatic heterocycles. The fraction of sp³-hybridized carbons (Fsp3) is 0.500. The number of fused-ring (bicyclic) bond motifs is 1. The number of nitrogens with zero attached hydrogens (tertiary/aromatic N) is 1. The maximum Gasteiger partial charge on any atom is 0.326 e. The van der Waals surface area contributed by atoms with Gasteiger partial charge in [-0.05, 0) is 30.9 Å². The highest BCUT2D eigenvalue weighted by atomic mass is 35.5. The van der Waals surface area contributed by atoms with Crippen molar-refractivity contribution < 1.29 is 0 Å². The second-order valence-electron chi connectivity index (χ2n) is 5.33. The van der Waals surface area contributed by atoms with E-state index in [1.165, 1.54) is 32.1 Å². The van der Waals surface area contributed by atoms with Crippen LogP contribution in [0.5, 0.6) is 0 Å². The van der Waals surface area contributed by atoms with Gasteiger partial charge in [0.1, 0.15) is 0 Å². The fourth-order valence-electron chi connectivity index (χ4n) is 3.02. The topological polar surface area (TPSA) is 37.8 Å². The van der Waals surface area contributed by atoms with Crippen LogP contribution in [0, 0.1) is 5.92 Å². The zero-order valence-electron chi connectivity index (χ0n) is 10.6. The van der Waals surface area contributed by atoms with Crippen LogP contribution in [-0.4, -0.2) is 9.55 Å². The van der Waals surface area contributed by atoms with Crippen molar-refractivity contribution in [1.29, 1.82) is 0 Å².